The summed E-state index contributed by atoms with van der Waals surface area (Å²) in [5.74, 6) is -0.00689. The van der Waals surface area contributed by atoms with Gasteiger partial charge in [-0.15, -0.1) is 0 Å². The summed E-state index contributed by atoms with van der Waals surface area (Å²) in [6.45, 7) is 5.13. The van der Waals surface area contributed by atoms with E-state index >= 15 is 0 Å². The van der Waals surface area contributed by atoms with Crippen LogP contribution in [0, 0.1) is 13.8 Å². The van der Waals surface area contributed by atoms with Crippen molar-refractivity contribution >= 4 is 34.4 Å². The smallest absolute Gasteiger partial charge is 0.263 e. The lowest BCUT2D eigenvalue weighted by molar-refractivity contribution is -0.113. The van der Waals surface area contributed by atoms with Gasteiger partial charge in [0.2, 0.25) is 5.91 Å². The van der Waals surface area contributed by atoms with E-state index in [-0.39, 0.29) is 23.3 Å². The Hall–Kier alpha value is -2.71. The number of amides is 1. The Kier molecular flexibility index (Phi) is 6.15. The number of hydrogen-bond acceptors (Lipinski definition) is 6. The predicted molar refractivity (Wildman–Crippen MR) is 118 cm³/mol. The molecule has 3 aromatic rings. The largest absolute Gasteiger partial charge is 0.376 e. The molecule has 0 spiro atoms. The summed E-state index contributed by atoms with van der Waals surface area (Å²) in [5, 5.41) is 3.88. The van der Waals surface area contributed by atoms with Gasteiger partial charge in [-0.25, -0.2) is 9.97 Å². The lowest BCUT2D eigenvalue weighted by Gasteiger charge is -2.16. The van der Waals surface area contributed by atoms with Gasteiger partial charge in [-0.05, 0) is 62.1 Å². The maximum atomic E-state index is 13.1. The summed E-state index contributed by atoms with van der Waals surface area (Å²) in [6.07, 6.45) is 3.50. The molecule has 1 saturated heterocycles. The van der Waals surface area contributed by atoms with Gasteiger partial charge < -0.3 is 10.1 Å². The number of hydrogen-bond donors (Lipinski definition) is 1. The van der Waals surface area contributed by atoms with Crippen LogP contribution in [0.25, 0.3) is 11.0 Å². The van der Waals surface area contributed by atoms with E-state index in [2.05, 4.69) is 21.4 Å². The fourth-order valence-electron chi connectivity index (χ4n) is 3.67. The molecule has 8 heteroatoms. The van der Waals surface area contributed by atoms with E-state index in [1.54, 1.807) is 22.9 Å². The van der Waals surface area contributed by atoms with Gasteiger partial charge in [0.15, 0.2) is 10.8 Å². The Labute approximate surface area is 178 Å². The zero-order chi connectivity index (χ0) is 21.1. The maximum absolute atomic E-state index is 13.1. The number of nitrogens with one attached hydrogen (secondary N) is 1. The van der Waals surface area contributed by atoms with Gasteiger partial charge in [-0.1, -0.05) is 17.8 Å². The molecule has 0 bridgehead atoms. The molecule has 1 fully saturated rings. The Morgan fingerprint density at radius 1 is 1.30 bits per heavy atom. The Morgan fingerprint density at radius 3 is 2.83 bits per heavy atom. The van der Waals surface area contributed by atoms with E-state index < -0.39 is 0 Å². The van der Waals surface area contributed by atoms with E-state index in [1.807, 2.05) is 26.0 Å². The fraction of sp³-hybridized carbons (Fsp3) is 0.364. The topological polar surface area (TPSA) is 86.1 Å². The van der Waals surface area contributed by atoms with Gasteiger partial charge in [0.05, 0.1) is 23.8 Å². The summed E-state index contributed by atoms with van der Waals surface area (Å²) in [6, 6.07) is 9.37. The zero-order valence-electron chi connectivity index (χ0n) is 17.1. The van der Waals surface area contributed by atoms with Gasteiger partial charge >= 0.3 is 0 Å². The van der Waals surface area contributed by atoms with Crippen LogP contribution in [0.5, 0.6) is 0 Å². The second-order valence-corrected chi connectivity index (χ2v) is 8.48. The summed E-state index contributed by atoms with van der Waals surface area (Å²) in [7, 11) is 0. The monoisotopic (exact) mass is 424 g/mol. The minimum Gasteiger partial charge on any atom is -0.376 e. The average Bonchev–Trinajstić information content (AvgIpc) is 3.21. The van der Waals surface area contributed by atoms with Crippen LogP contribution in [0.2, 0.25) is 0 Å². The maximum Gasteiger partial charge on any atom is 0.263 e. The number of anilines is 1. The van der Waals surface area contributed by atoms with Crippen LogP contribution in [0.4, 0.5) is 5.69 Å². The number of fused-ring (bicyclic) bond motifs is 1. The third-order valence-corrected chi connectivity index (χ3v) is 5.92. The molecule has 3 heterocycles. The lowest BCUT2D eigenvalue weighted by atomic mass is 10.1. The average molecular weight is 425 g/mol. The van der Waals surface area contributed by atoms with Crippen molar-refractivity contribution in [1.82, 2.24) is 14.5 Å². The van der Waals surface area contributed by atoms with E-state index in [0.717, 1.165) is 29.7 Å². The highest BCUT2D eigenvalue weighted by atomic mass is 32.2. The van der Waals surface area contributed by atoms with Gasteiger partial charge in [0.25, 0.3) is 5.56 Å². The van der Waals surface area contributed by atoms with E-state index in [9.17, 15) is 9.59 Å². The number of aryl methyl sites for hydroxylation is 2. The minimum atomic E-state index is -0.152. The number of nitrogens with zero attached hydrogens (tertiary/aromatic N) is 3. The highest BCUT2D eigenvalue weighted by molar-refractivity contribution is 7.99. The molecule has 1 N–H and O–H groups in total. The molecular formula is C22H24N4O3S. The van der Waals surface area contributed by atoms with E-state index in [4.69, 9.17) is 4.74 Å². The Bertz CT molecular complexity index is 1120. The molecule has 1 atom stereocenters. The van der Waals surface area contributed by atoms with Crippen molar-refractivity contribution in [2.24, 2.45) is 0 Å². The molecule has 4 rings (SSSR count). The summed E-state index contributed by atoms with van der Waals surface area (Å²) in [4.78, 5) is 34.4. The number of pyridine rings is 1. The van der Waals surface area contributed by atoms with Gasteiger partial charge in [0.1, 0.15) is 0 Å². The molecule has 0 unspecified atom stereocenters. The lowest BCUT2D eigenvalue weighted by Crippen LogP contribution is -2.29. The molecule has 0 saturated carbocycles. The second-order valence-electron chi connectivity index (χ2n) is 7.53. The van der Waals surface area contributed by atoms with E-state index in [1.165, 1.54) is 11.8 Å². The van der Waals surface area contributed by atoms with Crippen molar-refractivity contribution in [2.45, 2.75) is 44.5 Å². The van der Waals surface area contributed by atoms with Gasteiger partial charge in [0, 0.05) is 18.5 Å². The number of ether oxygens (including phenoxy) is 1. The van der Waals surface area contributed by atoms with E-state index in [0.29, 0.717) is 29.3 Å². The van der Waals surface area contributed by atoms with Gasteiger partial charge in [-0.3, -0.25) is 14.2 Å². The van der Waals surface area contributed by atoms with Crippen molar-refractivity contribution in [3.05, 3.63) is 58.0 Å². The molecule has 1 amide bonds. The summed E-state index contributed by atoms with van der Waals surface area (Å²) < 4.78 is 7.33. The standard InChI is InChI=1S/C22H24N4O3S/c1-14-9-15(2)11-16(10-14)24-19(27)13-30-22-25-20-18(6-3-7-23-20)21(28)26(22)12-17-5-4-8-29-17/h3,6-7,9-11,17H,4-5,8,12-13H2,1-2H3,(H,24,27)/t17-/m0/s1. The fourth-order valence-corrected chi connectivity index (χ4v) is 4.47. The van der Waals surface area contributed by atoms with Crippen molar-refractivity contribution in [3.8, 4) is 0 Å². The van der Waals surface area contributed by atoms with Crippen LogP contribution in [-0.2, 0) is 16.1 Å². The van der Waals surface area contributed by atoms with Crippen molar-refractivity contribution in [3.63, 3.8) is 0 Å². The highest BCUT2D eigenvalue weighted by Crippen LogP contribution is 2.21. The van der Waals surface area contributed by atoms with Crippen molar-refractivity contribution in [1.29, 1.82) is 0 Å². The molecule has 1 aliphatic rings. The first-order valence-corrected chi connectivity index (χ1v) is 11.0. The molecule has 1 aliphatic heterocycles. The zero-order valence-corrected chi connectivity index (χ0v) is 17.9. The second kappa shape index (κ2) is 8.97. The number of benzene rings is 1. The molecule has 0 radical (unpaired) electrons. The highest BCUT2D eigenvalue weighted by Gasteiger charge is 2.21. The summed E-state index contributed by atoms with van der Waals surface area (Å²) in [5.41, 5.74) is 3.18. The SMILES string of the molecule is Cc1cc(C)cc(NC(=O)CSc2nc3ncccc3c(=O)n2C[C@@H]2CCCO2)c1. The number of thioether (sulfide) groups is 1. The molecule has 2 aromatic heterocycles. The van der Waals surface area contributed by atoms with Crippen LogP contribution in [0.15, 0.2) is 46.5 Å². The normalized spacial score (nSPS) is 16.1. The Morgan fingerprint density at radius 2 is 2.10 bits per heavy atom. The molecule has 30 heavy (non-hydrogen) atoms. The van der Waals surface area contributed by atoms with Crippen LogP contribution in [0.1, 0.15) is 24.0 Å². The van der Waals surface area contributed by atoms with Crippen LogP contribution in [0.3, 0.4) is 0 Å². The first-order chi connectivity index (χ1) is 14.5. The van der Waals surface area contributed by atoms with Crippen molar-refractivity contribution < 1.29 is 9.53 Å². The quantitative estimate of drug-likeness (QED) is 0.483. The van der Waals surface area contributed by atoms with Crippen LogP contribution in [-0.4, -0.2) is 38.9 Å². The molecule has 0 aliphatic carbocycles. The number of rotatable bonds is 6. The molecular weight excluding hydrogens is 400 g/mol. The number of aromatic nitrogens is 3. The van der Waals surface area contributed by atoms with Gasteiger partial charge in [-0.2, -0.15) is 0 Å². The minimum absolute atomic E-state index is 0.0120. The first kappa shape index (κ1) is 20.6. The number of carbonyl (C=O) groups is 1. The summed E-state index contributed by atoms with van der Waals surface area (Å²) >= 11 is 1.24. The number of carbonyl (C=O) groups excluding carboxylic acids is 1. The third kappa shape index (κ3) is 4.71. The van der Waals surface area contributed by atoms with Crippen molar-refractivity contribution in [2.75, 3.05) is 17.7 Å². The molecule has 156 valence electrons. The molecule has 1 aromatic carbocycles. The third-order valence-electron chi connectivity index (χ3n) is 4.94. The first-order valence-electron chi connectivity index (χ1n) is 9.98. The predicted octanol–water partition coefficient (Wildman–Crippen LogP) is 3.32. The van der Waals surface area contributed by atoms with Crippen LogP contribution < -0.4 is 10.9 Å². The van der Waals surface area contributed by atoms with Crippen LogP contribution >= 0.6 is 11.8 Å². The Balaban J connectivity index is 1.56. The molecule has 7 nitrogen and oxygen atoms in total.